The number of aromatic nitrogens is 1. The van der Waals surface area contributed by atoms with Crippen molar-refractivity contribution in [2.45, 2.75) is 19.8 Å². The first-order chi connectivity index (χ1) is 13.0. The Morgan fingerprint density at radius 1 is 1.22 bits per heavy atom. The summed E-state index contributed by atoms with van der Waals surface area (Å²) in [6.07, 6.45) is 3.09. The van der Waals surface area contributed by atoms with Crippen molar-refractivity contribution in [3.05, 3.63) is 59.1 Å². The summed E-state index contributed by atoms with van der Waals surface area (Å²) in [5.41, 5.74) is -0.127. The van der Waals surface area contributed by atoms with Gasteiger partial charge in [-0.05, 0) is 36.8 Å². The highest BCUT2D eigenvalue weighted by atomic mass is 35.5. The van der Waals surface area contributed by atoms with Gasteiger partial charge in [0.25, 0.3) is 0 Å². The first-order valence-electron chi connectivity index (χ1n) is 8.41. The lowest BCUT2D eigenvalue weighted by atomic mass is 10.1. The van der Waals surface area contributed by atoms with E-state index in [1.54, 1.807) is 18.2 Å². The molecule has 0 aliphatic carbocycles. The number of hydrogen-bond donors (Lipinski definition) is 1. The molecule has 0 aliphatic rings. The zero-order chi connectivity index (χ0) is 19.4. The predicted molar refractivity (Wildman–Crippen MR) is 100 cm³/mol. The summed E-state index contributed by atoms with van der Waals surface area (Å²) in [7, 11) is 0. The molecule has 0 unspecified atom stereocenters. The maximum Gasteiger partial charge on any atom is 0.360 e. The van der Waals surface area contributed by atoms with Crippen LogP contribution in [0.25, 0.3) is 10.8 Å². The molecule has 0 amide bonds. The Labute approximate surface area is 160 Å². The molecule has 0 saturated heterocycles. The second kappa shape index (κ2) is 8.22. The van der Waals surface area contributed by atoms with Gasteiger partial charge in [-0.15, -0.1) is 0 Å². The van der Waals surface area contributed by atoms with Gasteiger partial charge in [-0.1, -0.05) is 24.9 Å². The first kappa shape index (κ1) is 18.9. The SMILES string of the molecule is CCCCOC(=O)c1ncc2cc(Oc3ccc(F)c(Cl)c3)ccc2c1O. The molecule has 3 aromatic rings. The minimum Gasteiger partial charge on any atom is -0.505 e. The molecule has 1 heterocycles. The molecule has 0 radical (unpaired) electrons. The van der Waals surface area contributed by atoms with Gasteiger partial charge in [0.2, 0.25) is 0 Å². The van der Waals surface area contributed by atoms with Crippen LogP contribution in [-0.4, -0.2) is 22.7 Å². The number of carbonyl (C=O) groups excluding carboxylic acids is 1. The van der Waals surface area contributed by atoms with Crippen LogP contribution in [0, 0.1) is 5.82 Å². The molecule has 7 heteroatoms. The predicted octanol–water partition coefficient (Wildman–Crippen LogP) is 5.48. The summed E-state index contributed by atoms with van der Waals surface area (Å²) in [6.45, 7) is 2.26. The van der Waals surface area contributed by atoms with E-state index in [2.05, 4.69) is 4.98 Å². The Morgan fingerprint density at radius 2 is 1.96 bits per heavy atom. The molecular formula is C20H17ClFNO4. The summed E-state index contributed by atoms with van der Waals surface area (Å²) in [4.78, 5) is 16.0. The van der Waals surface area contributed by atoms with Gasteiger partial charge in [0.15, 0.2) is 11.4 Å². The van der Waals surface area contributed by atoms with E-state index in [0.29, 0.717) is 22.3 Å². The second-order valence-electron chi connectivity index (χ2n) is 5.87. The molecule has 3 rings (SSSR count). The van der Waals surface area contributed by atoms with Crippen molar-refractivity contribution in [1.82, 2.24) is 4.98 Å². The summed E-state index contributed by atoms with van der Waals surface area (Å²) in [5.74, 6) is -0.622. The lowest BCUT2D eigenvalue weighted by molar-refractivity contribution is 0.0489. The summed E-state index contributed by atoms with van der Waals surface area (Å²) >= 11 is 5.75. The maximum absolute atomic E-state index is 13.2. The Morgan fingerprint density at radius 3 is 2.70 bits per heavy atom. The number of unbranched alkanes of at least 4 members (excludes halogenated alkanes) is 1. The van der Waals surface area contributed by atoms with Crippen LogP contribution in [-0.2, 0) is 4.74 Å². The highest BCUT2D eigenvalue weighted by Gasteiger charge is 2.17. The number of benzene rings is 2. The van der Waals surface area contributed by atoms with Crippen molar-refractivity contribution in [1.29, 1.82) is 0 Å². The van der Waals surface area contributed by atoms with Crippen molar-refractivity contribution >= 4 is 28.3 Å². The van der Waals surface area contributed by atoms with Crippen LogP contribution in [0.3, 0.4) is 0 Å². The quantitative estimate of drug-likeness (QED) is 0.446. The number of ether oxygens (including phenoxy) is 2. The second-order valence-corrected chi connectivity index (χ2v) is 6.28. The zero-order valence-electron chi connectivity index (χ0n) is 14.5. The number of hydrogen-bond acceptors (Lipinski definition) is 5. The molecule has 0 spiro atoms. The molecular weight excluding hydrogens is 373 g/mol. The van der Waals surface area contributed by atoms with E-state index in [1.807, 2.05) is 6.92 Å². The van der Waals surface area contributed by atoms with Crippen molar-refractivity contribution in [2.75, 3.05) is 6.61 Å². The number of esters is 1. The monoisotopic (exact) mass is 389 g/mol. The lowest BCUT2D eigenvalue weighted by Crippen LogP contribution is -2.08. The van der Waals surface area contributed by atoms with Crippen LogP contribution in [0.1, 0.15) is 30.3 Å². The van der Waals surface area contributed by atoms with Gasteiger partial charge in [0, 0.05) is 23.0 Å². The molecule has 5 nitrogen and oxygen atoms in total. The topological polar surface area (TPSA) is 68.7 Å². The number of nitrogens with zero attached hydrogens (tertiary/aromatic N) is 1. The smallest absolute Gasteiger partial charge is 0.360 e. The number of pyridine rings is 1. The van der Waals surface area contributed by atoms with E-state index in [0.717, 1.165) is 12.8 Å². The van der Waals surface area contributed by atoms with E-state index < -0.39 is 11.8 Å². The van der Waals surface area contributed by atoms with E-state index in [9.17, 15) is 14.3 Å². The van der Waals surface area contributed by atoms with Crippen LogP contribution >= 0.6 is 11.6 Å². The molecule has 0 saturated carbocycles. The fourth-order valence-corrected chi connectivity index (χ4v) is 2.62. The summed E-state index contributed by atoms with van der Waals surface area (Å²) in [6, 6.07) is 8.90. The fraction of sp³-hybridized carbons (Fsp3) is 0.200. The third kappa shape index (κ3) is 4.28. The third-order valence-electron chi connectivity index (χ3n) is 3.89. The lowest BCUT2D eigenvalue weighted by Gasteiger charge is -2.10. The average molecular weight is 390 g/mol. The number of aromatic hydroxyl groups is 1. The van der Waals surface area contributed by atoms with Crippen LogP contribution < -0.4 is 4.74 Å². The van der Waals surface area contributed by atoms with E-state index in [-0.39, 0.29) is 23.1 Å². The van der Waals surface area contributed by atoms with Crippen molar-refractivity contribution in [3.8, 4) is 17.2 Å². The summed E-state index contributed by atoms with van der Waals surface area (Å²) < 4.78 is 24.0. The highest BCUT2D eigenvalue weighted by Crippen LogP contribution is 2.32. The first-order valence-corrected chi connectivity index (χ1v) is 8.79. The van der Waals surface area contributed by atoms with Crippen LogP contribution in [0.15, 0.2) is 42.6 Å². The van der Waals surface area contributed by atoms with E-state index >= 15 is 0 Å². The van der Waals surface area contributed by atoms with Crippen LogP contribution in [0.4, 0.5) is 4.39 Å². The highest BCUT2D eigenvalue weighted by molar-refractivity contribution is 6.30. The zero-order valence-corrected chi connectivity index (χ0v) is 15.3. The van der Waals surface area contributed by atoms with Crippen molar-refractivity contribution in [2.24, 2.45) is 0 Å². The van der Waals surface area contributed by atoms with Gasteiger partial charge in [-0.2, -0.15) is 0 Å². The number of carbonyl (C=O) groups is 1. The van der Waals surface area contributed by atoms with Gasteiger partial charge in [-0.25, -0.2) is 14.2 Å². The van der Waals surface area contributed by atoms with Gasteiger partial charge in [0.05, 0.1) is 11.6 Å². The molecule has 27 heavy (non-hydrogen) atoms. The molecule has 2 aromatic carbocycles. The Kier molecular flexibility index (Phi) is 5.76. The molecule has 1 aromatic heterocycles. The minimum atomic E-state index is -0.663. The van der Waals surface area contributed by atoms with Gasteiger partial charge < -0.3 is 14.6 Å². The van der Waals surface area contributed by atoms with Gasteiger partial charge in [0.1, 0.15) is 17.3 Å². The standard InChI is InChI=1S/C20H17ClFNO4/c1-2-3-8-26-20(25)18-19(24)15-6-4-13(9-12(15)11-23-18)27-14-5-7-17(22)16(21)10-14/h4-7,9-11,24H,2-3,8H2,1H3. The summed E-state index contributed by atoms with van der Waals surface area (Å²) in [5, 5.41) is 11.3. The molecule has 0 fully saturated rings. The number of rotatable bonds is 6. The van der Waals surface area contributed by atoms with Crippen molar-refractivity contribution in [3.63, 3.8) is 0 Å². The Balaban J connectivity index is 1.84. The van der Waals surface area contributed by atoms with E-state index in [4.69, 9.17) is 21.1 Å². The average Bonchev–Trinajstić information content (AvgIpc) is 2.65. The van der Waals surface area contributed by atoms with Gasteiger partial charge in [-0.3, -0.25) is 0 Å². The van der Waals surface area contributed by atoms with Crippen molar-refractivity contribution < 1.29 is 23.8 Å². The fourth-order valence-electron chi connectivity index (χ4n) is 2.45. The Hall–Kier alpha value is -2.86. The van der Waals surface area contributed by atoms with Crippen LogP contribution in [0.5, 0.6) is 17.2 Å². The number of halogens is 2. The Bertz CT molecular complexity index is 993. The normalized spacial score (nSPS) is 10.8. The molecule has 0 atom stereocenters. The molecule has 0 aliphatic heterocycles. The molecule has 140 valence electrons. The largest absolute Gasteiger partial charge is 0.505 e. The third-order valence-corrected chi connectivity index (χ3v) is 4.18. The van der Waals surface area contributed by atoms with E-state index in [1.165, 1.54) is 24.4 Å². The molecule has 0 bridgehead atoms. The van der Waals surface area contributed by atoms with Gasteiger partial charge >= 0.3 is 5.97 Å². The number of fused-ring (bicyclic) bond motifs is 1. The molecule has 1 N–H and O–H groups in total. The minimum absolute atomic E-state index is 0.0428. The van der Waals surface area contributed by atoms with Crippen LogP contribution in [0.2, 0.25) is 5.02 Å². The maximum atomic E-state index is 13.2.